The molecule has 10 nitrogen and oxygen atoms in total. The summed E-state index contributed by atoms with van der Waals surface area (Å²) in [6.07, 6.45) is 4.31. The zero-order chi connectivity index (χ0) is 27.8. The number of carbonyl (C=O) groups excluding carboxylic acids is 2. The van der Waals surface area contributed by atoms with Crippen molar-refractivity contribution >= 4 is 44.5 Å². The van der Waals surface area contributed by atoms with Crippen LogP contribution in [0.3, 0.4) is 0 Å². The van der Waals surface area contributed by atoms with Crippen LogP contribution < -0.4 is 16.0 Å². The van der Waals surface area contributed by atoms with E-state index in [4.69, 9.17) is 14.5 Å². The number of hydrogen-bond acceptors (Lipinski definition) is 7. The molecule has 1 aromatic carbocycles. The van der Waals surface area contributed by atoms with E-state index < -0.39 is 0 Å². The quantitative estimate of drug-likeness (QED) is 0.290. The summed E-state index contributed by atoms with van der Waals surface area (Å²) in [7, 11) is 0. The van der Waals surface area contributed by atoms with E-state index in [2.05, 4.69) is 37.0 Å². The maximum Gasteiger partial charge on any atom is 0.246 e. The lowest BCUT2D eigenvalue weighted by Crippen LogP contribution is -2.32. The third-order valence-corrected chi connectivity index (χ3v) is 7.19. The average Bonchev–Trinajstić information content (AvgIpc) is 3.36. The molecule has 1 saturated heterocycles. The van der Waals surface area contributed by atoms with Crippen molar-refractivity contribution in [1.82, 2.24) is 25.4 Å². The summed E-state index contributed by atoms with van der Waals surface area (Å²) in [6, 6.07) is 4.76. The monoisotopic (exact) mass is 604 g/mol. The molecule has 3 heterocycles. The Labute approximate surface area is 235 Å². The van der Waals surface area contributed by atoms with Crippen molar-refractivity contribution in [2.75, 3.05) is 31.7 Å². The first-order valence-corrected chi connectivity index (χ1v) is 14.0. The topological polar surface area (TPSA) is 119 Å². The fourth-order valence-corrected chi connectivity index (χ4v) is 4.90. The van der Waals surface area contributed by atoms with Gasteiger partial charge in [0.15, 0.2) is 5.65 Å². The van der Waals surface area contributed by atoms with Gasteiger partial charge in [-0.3, -0.25) is 9.59 Å². The molecule has 0 saturated carbocycles. The molecule has 2 amide bonds. The first-order valence-electron chi connectivity index (χ1n) is 13.2. The largest absolute Gasteiger partial charge is 0.381 e. The number of amides is 2. The van der Waals surface area contributed by atoms with Gasteiger partial charge in [-0.25, -0.2) is 14.1 Å². The maximum absolute atomic E-state index is 13.4. The normalized spacial score (nSPS) is 13.9. The van der Waals surface area contributed by atoms with Gasteiger partial charge in [0.05, 0.1) is 21.7 Å². The molecule has 0 bridgehead atoms. The number of halogens is 2. The van der Waals surface area contributed by atoms with Gasteiger partial charge < -0.3 is 25.4 Å². The van der Waals surface area contributed by atoms with Gasteiger partial charge in [0.2, 0.25) is 11.8 Å². The highest BCUT2D eigenvalue weighted by Gasteiger charge is 2.22. The molecule has 4 rings (SSSR count). The van der Waals surface area contributed by atoms with Crippen LogP contribution in [-0.4, -0.2) is 59.0 Å². The number of ether oxygens (including phenoxy) is 2. The predicted molar refractivity (Wildman–Crippen MR) is 149 cm³/mol. The summed E-state index contributed by atoms with van der Waals surface area (Å²) in [5.41, 5.74) is 4.31. The highest BCUT2D eigenvalue weighted by Crippen LogP contribution is 2.31. The smallest absolute Gasteiger partial charge is 0.246 e. The molecule has 0 aliphatic carbocycles. The van der Waals surface area contributed by atoms with Gasteiger partial charge in [-0.1, -0.05) is 13.0 Å². The Kier molecular flexibility index (Phi) is 10.2. The number of nitrogens with zero attached hydrogens (tertiary/aromatic N) is 3. The van der Waals surface area contributed by atoms with Crippen LogP contribution in [0.5, 0.6) is 0 Å². The summed E-state index contributed by atoms with van der Waals surface area (Å²) in [5.74, 6) is -1.08. The van der Waals surface area contributed by atoms with Gasteiger partial charge in [0, 0.05) is 50.1 Å². The van der Waals surface area contributed by atoms with Crippen LogP contribution in [0, 0.1) is 5.82 Å². The standard InChI is InChI=1S/C27H34BrFN6O4/c1-3-23-19(26(33-18-7-9-38-10-8-18)20-14-32-35(4-2)27(20)34-23)13-31-25(37)16-39-15-24(36)30-12-17-5-6-22(29)21(28)11-17/h5-6,11,14,18H,3-4,7-10,12-13,15-16H2,1-2H3,(H,30,36)(H,31,37)(H,33,34). The highest BCUT2D eigenvalue weighted by atomic mass is 79.9. The highest BCUT2D eigenvalue weighted by molar-refractivity contribution is 9.10. The summed E-state index contributed by atoms with van der Waals surface area (Å²) in [5, 5.41) is 14.7. The zero-order valence-electron chi connectivity index (χ0n) is 22.2. The van der Waals surface area contributed by atoms with Gasteiger partial charge in [0.1, 0.15) is 19.0 Å². The van der Waals surface area contributed by atoms with Gasteiger partial charge in [-0.15, -0.1) is 0 Å². The first kappa shape index (κ1) is 28.9. The van der Waals surface area contributed by atoms with E-state index in [1.165, 1.54) is 6.07 Å². The Morgan fingerprint density at radius 3 is 2.54 bits per heavy atom. The molecular weight excluding hydrogens is 571 g/mol. The number of aryl methyl sites for hydroxylation is 2. The molecule has 1 aliphatic rings. The minimum Gasteiger partial charge on any atom is -0.381 e. The van der Waals surface area contributed by atoms with E-state index in [0.29, 0.717) is 30.7 Å². The molecule has 3 aromatic rings. The molecule has 0 unspecified atom stereocenters. The molecule has 39 heavy (non-hydrogen) atoms. The van der Waals surface area contributed by atoms with Gasteiger partial charge in [-0.2, -0.15) is 5.10 Å². The number of benzene rings is 1. The molecule has 210 valence electrons. The number of aromatic nitrogens is 3. The Bertz CT molecular complexity index is 1310. The predicted octanol–water partition coefficient (Wildman–Crippen LogP) is 3.46. The lowest BCUT2D eigenvalue weighted by Gasteiger charge is -2.26. The molecule has 12 heteroatoms. The second kappa shape index (κ2) is 13.8. The molecule has 1 fully saturated rings. The average molecular weight is 606 g/mol. The molecule has 0 spiro atoms. The summed E-state index contributed by atoms with van der Waals surface area (Å²) in [4.78, 5) is 29.6. The molecular formula is C27H34BrFN6O4. The van der Waals surface area contributed by atoms with E-state index >= 15 is 0 Å². The van der Waals surface area contributed by atoms with Crippen LogP contribution in [-0.2, 0) is 45.1 Å². The van der Waals surface area contributed by atoms with Crippen molar-refractivity contribution in [2.24, 2.45) is 0 Å². The Hall–Kier alpha value is -3.09. The summed E-state index contributed by atoms with van der Waals surface area (Å²) in [6.45, 7) is 6.15. The minimum atomic E-state index is -0.373. The molecule has 0 atom stereocenters. The van der Waals surface area contributed by atoms with Gasteiger partial charge in [-0.05, 0) is 59.8 Å². The van der Waals surface area contributed by atoms with Crippen LogP contribution in [0.15, 0.2) is 28.9 Å². The Morgan fingerprint density at radius 1 is 1.15 bits per heavy atom. The first-order chi connectivity index (χ1) is 18.9. The van der Waals surface area contributed by atoms with E-state index in [0.717, 1.165) is 46.4 Å². The van der Waals surface area contributed by atoms with Crippen LogP contribution in [0.1, 0.15) is 43.5 Å². The van der Waals surface area contributed by atoms with Crippen LogP contribution in [0.2, 0.25) is 0 Å². The number of hydrogen-bond donors (Lipinski definition) is 3. The van der Waals surface area contributed by atoms with Crippen LogP contribution in [0.4, 0.5) is 10.1 Å². The number of rotatable bonds is 12. The molecule has 3 N–H and O–H groups in total. The Morgan fingerprint density at radius 2 is 1.87 bits per heavy atom. The minimum absolute atomic E-state index is 0.222. The molecule has 2 aromatic heterocycles. The number of fused-ring (bicyclic) bond motifs is 1. The lowest BCUT2D eigenvalue weighted by molar-refractivity contribution is -0.131. The Balaban J connectivity index is 1.35. The van der Waals surface area contributed by atoms with Crippen molar-refractivity contribution in [2.45, 2.75) is 58.8 Å². The fourth-order valence-electron chi connectivity index (χ4n) is 4.48. The summed E-state index contributed by atoms with van der Waals surface area (Å²) < 4.78 is 26.4. The van der Waals surface area contributed by atoms with Crippen molar-refractivity contribution < 1.29 is 23.5 Å². The molecule has 0 radical (unpaired) electrons. The number of carbonyl (C=O) groups is 2. The summed E-state index contributed by atoms with van der Waals surface area (Å²) >= 11 is 3.12. The second-order valence-electron chi connectivity index (χ2n) is 9.29. The molecule has 1 aliphatic heterocycles. The zero-order valence-corrected chi connectivity index (χ0v) is 23.8. The lowest BCUT2D eigenvalue weighted by atomic mass is 10.0. The van der Waals surface area contributed by atoms with E-state index in [-0.39, 0.29) is 50.0 Å². The van der Waals surface area contributed by atoms with Crippen molar-refractivity contribution in [3.8, 4) is 0 Å². The second-order valence-corrected chi connectivity index (χ2v) is 10.1. The third-order valence-electron chi connectivity index (χ3n) is 6.58. The van der Waals surface area contributed by atoms with Gasteiger partial charge >= 0.3 is 0 Å². The maximum atomic E-state index is 13.4. The van der Waals surface area contributed by atoms with Crippen LogP contribution in [0.25, 0.3) is 11.0 Å². The van der Waals surface area contributed by atoms with E-state index in [9.17, 15) is 14.0 Å². The van der Waals surface area contributed by atoms with E-state index in [1.807, 2.05) is 24.7 Å². The number of pyridine rings is 1. The number of anilines is 1. The van der Waals surface area contributed by atoms with Crippen LogP contribution >= 0.6 is 15.9 Å². The fraction of sp³-hybridized carbons (Fsp3) is 0.481. The van der Waals surface area contributed by atoms with E-state index in [1.54, 1.807) is 12.1 Å². The van der Waals surface area contributed by atoms with Crippen molar-refractivity contribution in [1.29, 1.82) is 0 Å². The number of nitrogens with one attached hydrogen (secondary N) is 3. The van der Waals surface area contributed by atoms with Crippen molar-refractivity contribution in [3.63, 3.8) is 0 Å². The van der Waals surface area contributed by atoms with Crippen molar-refractivity contribution in [3.05, 3.63) is 51.5 Å². The van der Waals surface area contributed by atoms with Gasteiger partial charge in [0.25, 0.3) is 0 Å². The third kappa shape index (κ3) is 7.52. The SMILES string of the molecule is CCc1nc2c(cnn2CC)c(NC2CCOCC2)c1CNC(=O)COCC(=O)NCc1ccc(F)c(Br)c1.